The molecule has 1 aliphatic carbocycles. The van der Waals surface area contributed by atoms with Crippen molar-refractivity contribution in [2.45, 2.75) is 77.6 Å². The maximum absolute atomic E-state index is 2.87. The standard InChI is InChI=1S/C19H35N2P/c1-2-10-19(17-18-11-4-3-5-12-18)22(20-13-6-7-14-20)21-15-8-9-16-21/h17-18H,2-16H2,1H3/b19-17+. The van der Waals surface area contributed by atoms with E-state index in [1.165, 1.54) is 96.8 Å². The minimum absolute atomic E-state index is 0.129. The zero-order valence-corrected chi connectivity index (χ0v) is 15.5. The summed E-state index contributed by atoms with van der Waals surface area (Å²) in [5.41, 5.74) is 0. The lowest BCUT2D eigenvalue weighted by molar-refractivity contribution is 0.417. The first-order valence-electron chi connectivity index (χ1n) is 9.89. The van der Waals surface area contributed by atoms with Crippen LogP contribution in [0.5, 0.6) is 0 Å². The Hall–Kier alpha value is 0.0900. The Bertz CT molecular complexity index is 334. The van der Waals surface area contributed by atoms with E-state index in [4.69, 9.17) is 0 Å². The van der Waals surface area contributed by atoms with Gasteiger partial charge in [0.05, 0.1) is 8.22 Å². The molecule has 0 aromatic heterocycles. The van der Waals surface area contributed by atoms with E-state index >= 15 is 0 Å². The summed E-state index contributed by atoms with van der Waals surface area (Å²) in [5.74, 6) is 0.894. The molecule has 0 unspecified atom stereocenters. The lowest BCUT2D eigenvalue weighted by Gasteiger charge is -2.37. The monoisotopic (exact) mass is 322 g/mol. The molecule has 0 aromatic rings. The van der Waals surface area contributed by atoms with Crippen molar-refractivity contribution in [3.05, 3.63) is 11.4 Å². The second-order valence-electron chi connectivity index (χ2n) is 7.42. The zero-order chi connectivity index (χ0) is 15.2. The molecule has 0 radical (unpaired) electrons. The predicted octanol–water partition coefficient (Wildman–Crippen LogP) is 5.75. The highest BCUT2D eigenvalue weighted by atomic mass is 31.1. The molecule has 3 rings (SSSR count). The molecule has 0 aromatic carbocycles. The number of hydrogen-bond donors (Lipinski definition) is 0. The maximum atomic E-state index is 2.87. The molecule has 0 bridgehead atoms. The van der Waals surface area contributed by atoms with Gasteiger partial charge in [-0.3, -0.25) is 9.34 Å². The Labute approximate surface area is 139 Å². The molecule has 126 valence electrons. The Morgan fingerprint density at radius 2 is 1.41 bits per heavy atom. The largest absolute Gasteiger partial charge is 0.267 e. The van der Waals surface area contributed by atoms with Crippen molar-refractivity contribution in [1.82, 2.24) is 9.34 Å². The van der Waals surface area contributed by atoms with Crippen LogP contribution in [0.4, 0.5) is 0 Å². The van der Waals surface area contributed by atoms with Crippen molar-refractivity contribution < 1.29 is 0 Å². The van der Waals surface area contributed by atoms with Crippen molar-refractivity contribution in [2.75, 3.05) is 26.2 Å². The summed E-state index contributed by atoms with van der Waals surface area (Å²) in [4.78, 5) is 0. The molecule has 0 atom stereocenters. The minimum Gasteiger partial charge on any atom is -0.267 e. The smallest absolute Gasteiger partial charge is 0.0678 e. The Kier molecular flexibility index (Phi) is 6.78. The second-order valence-corrected chi connectivity index (χ2v) is 9.70. The van der Waals surface area contributed by atoms with Gasteiger partial charge >= 0.3 is 0 Å². The number of hydrogen-bond acceptors (Lipinski definition) is 2. The van der Waals surface area contributed by atoms with Crippen LogP contribution in [0.25, 0.3) is 0 Å². The quantitative estimate of drug-likeness (QED) is 0.574. The van der Waals surface area contributed by atoms with Gasteiger partial charge in [-0.25, -0.2) is 0 Å². The molecular weight excluding hydrogens is 287 g/mol. The van der Waals surface area contributed by atoms with E-state index in [0.717, 1.165) is 5.92 Å². The molecule has 3 fully saturated rings. The summed E-state index contributed by atoms with van der Waals surface area (Å²) in [7, 11) is -0.129. The van der Waals surface area contributed by atoms with Crippen LogP contribution < -0.4 is 0 Å². The number of nitrogens with zero attached hydrogens (tertiary/aromatic N) is 2. The van der Waals surface area contributed by atoms with Gasteiger partial charge < -0.3 is 0 Å². The fraction of sp³-hybridized carbons (Fsp3) is 0.895. The first kappa shape index (κ1) is 16.9. The van der Waals surface area contributed by atoms with Crippen molar-refractivity contribution >= 4 is 8.22 Å². The first-order valence-corrected chi connectivity index (χ1v) is 11.1. The number of allylic oxidation sites excluding steroid dienone is 2. The average molecular weight is 322 g/mol. The summed E-state index contributed by atoms with van der Waals surface area (Å²) < 4.78 is 5.73. The summed E-state index contributed by atoms with van der Waals surface area (Å²) in [6.45, 7) is 7.79. The normalized spacial score (nSPS) is 26.4. The van der Waals surface area contributed by atoms with Crippen LogP contribution in [-0.2, 0) is 0 Å². The molecular formula is C19H35N2P. The van der Waals surface area contributed by atoms with Gasteiger partial charge in [-0.05, 0) is 56.2 Å². The van der Waals surface area contributed by atoms with Crippen molar-refractivity contribution in [2.24, 2.45) is 5.92 Å². The molecule has 22 heavy (non-hydrogen) atoms. The van der Waals surface area contributed by atoms with E-state index in [1.54, 1.807) is 0 Å². The number of rotatable bonds is 6. The summed E-state index contributed by atoms with van der Waals surface area (Å²) in [6.07, 6.45) is 18.4. The Balaban J connectivity index is 1.78. The van der Waals surface area contributed by atoms with Crippen LogP contribution in [0, 0.1) is 5.92 Å². The van der Waals surface area contributed by atoms with Gasteiger partial charge in [0.2, 0.25) is 0 Å². The molecule has 2 saturated heterocycles. The average Bonchev–Trinajstić information content (AvgIpc) is 3.23. The lowest BCUT2D eigenvalue weighted by Crippen LogP contribution is -2.26. The van der Waals surface area contributed by atoms with E-state index in [2.05, 4.69) is 22.3 Å². The Morgan fingerprint density at radius 1 is 0.864 bits per heavy atom. The molecule has 3 heteroatoms. The third kappa shape index (κ3) is 4.34. The lowest BCUT2D eigenvalue weighted by atomic mass is 9.89. The third-order valence-corrected chi connectivity index (χ3v) is 8.30. The van der Waals surface area contributed by atoms with Crippen molar-refractivity contribution in [3.8, 4) is 0 Å². The van der Waals surface area contributed by atoms with E-state index in [0.29, 0.717) is 0 Å². The van der Waals surface area contributed by atoms with E-state index < -0.39 is 0 Å². The van der Waals surface area contributed by atoms with Gasteiger partial charge in [-0.1, -0.05) is 38.7 Å². The van der Waals surface area contributed by atoms with Gasteiger partial charge in [0.15, 0.2) is 0 Å². The van der Waals surface area contributed by atoms with E-state index in [-0.39, 0.29) is 8.22 Å². The van der Waals surface area contributed by atoms with Gasteiger partial charge in [-0.2, -0.15) is 0 Å². The van der Waals surface area contributed by atoms with Crippen LogP contribution in [0.1, 0.15) is 77.6 Å². The fourth-order valence-corrected chi connectivity index (χ4v) is 7.58. The third-order valence-electron chi connectivity index (χ3n) is 5.54. The van der Waals surface area contributed by atoms with Crippen molar-refractivity contribution in [3.63, 3.8) is 0 Å². The van der Waals surface area contributed by atoms with Gasteiger partial charge in [0, 0.05) is 26.2 Å². The molecule has 2 nitrogen and oxygen atoms in total. The summed E-state index contributed by atoms with van der Waals surface area (Å²) >= 11 is 0. The highest BCUT2D eigenvalue weighted by Gasteiger charge is 2.32. The van der Waals surface area contributed by atoms with Crippen LogP contribution >= 0.6 is 8.22 Å². The first-order chi connectivity index (χ1) is 10.9. The molecule has 0 N–H and O–H groups in total. The molecule has 0 amide bonds. The molecule has 1 saturated carbocycles. The van der Waals surface area contributed by atoms with Gasteiger partial charge in [0.1, 0.15) is 0 Å². The molecule has 2 heterocycles. The predicted molar refractivity (Wildman–Crippen MR) is 98.1 cm³/mol. The summed E-state index contributed by atoms with van der Waals surface area (Å²) in [6, 6.07) is 0. The van der Waals surface area contributed by atoms with Crippen LogP contribution in [0.2, 0.25) is 0 Å². The molecule has 3 aliphatic rings. The van der Waals surface area contributed by atoms with Crippen molar-refractivity contribution in [1.29, 1.82) is 0 Å². The van der Waals surface area contributed by atoms with Gasteiger partial charge in [-0.15, -0.1) is 0 Å². The SMILES string of the molecule is CCC/C(=C\C1CCCCC1)P(N1CCCC1)N1CCCC1. The van der Waals surface area contributed by atoms with Crippen LogP contribution in [0.3, 0.4) is 0 Å². The van der Waals surface area contributed by atoms with Crippen LogP contribution in [0.15, 0.2) is 11.4 Å². The minimum atomic E-state index is -0.129. The topological polar surface area (TPSA) is 6.48 Å². The molecule has 2 aliphatic heterocycles. The Morgan fingerprint density at radius 3 is 1.91 bits per heavy atom. The van der Waals surface area contributed by atoms with E-state index in [1.807, 2.05) is 5.31 Å². The second kappa shape index (κ2) is 8.81. The highest BCUT2D eigenvalue weighted by molar-refractivity contribution is 7.57. The van der Waals surface area contributed by atoms with E-state index in [9.17, 15) is 0 Å². The highest BCUT2D eigenvalue weighted by Crippen LogP contribution is 2.56. The van der Waals surface area contributed by atoms with Gasteiger partial charge in [0.25, 0.3) is 0 Å². The summed E-state index contributed by atoms with van der Waals surface area (Å²) in [5, 5.41) is 1.84. The van der Waals surface area contributed by atoms with Crippen LogP contribution in [-0.4, -0.2) is 35.5 Å². The maximum Gasteiger partial charge on any atom is 0.0678 e. The fourth-order valence-electron chi connectivity index (χ4n) is 4.40. The zero-order valence-electron chi connectivity index (χ0n) is 14.6. The molecule has 0 spiro atoms.